The van der Waals surface area contributed by atoms with Crippen LogP contribution in [-0.4, -0.2) is 21.4 Å². The molecule has 5 aromatic carbocycles. The lowest BCUT2D eigenvalue weighted by atomic mass is 9.97. The van der Waals surface area contributed by atoms with Crippen LogP contribution in [0.3, 0.4) is 0 Å². The molecule has 8 rings (SSSR count). The average molecular weight is 612 g/mol. The van der Waals surface area contributed by atoms with E-state index >= 15 is 0 Å². The third-order valence-corrected chi connectivity index (χ3v) is 10.2. The fraction of sp³-hybridized carbons (Fsp3) is 0.222. The van der Waals surface area contributed by atoms with E-state index in [0.29, 0.717) is 0 Å². The Morgan fingerprint density at radius 2 is 1.43 bits per heavy atom. The molecule has 1 aliphatic heterocycles. The molecule has 0 atom stereocenters. The second-order valence-corrected chi connectivity index (χ2v) is 13.1. The van der Waals surface area contributed by atoms with Crippen LogP contribution in [0.25, 0.3) is 44.1 Å². The van der Waals surface area contributed by atoms with Crippen molar-refractivity contribution < 1.29 is 4.58 Å². The molecular weight excluding hydrogens is 569 g/mol. The Labute approximate surface area is 278 Å². The molecular formula is C45H43N2+. The minimum absolute atomic E-state index is 1.04. The Morgan fingerprint density at radius 1 is 0.681 bits per heavy atom. The molecule has 6 aromatic rings. The van der Waals surface area contributed by atoms with Gasteiger partial charge in [-0.1, -0.05) is 124 Å². The van der Waals surface area contributed by atoms with Crippen molar-refractivity contribution in [3.05, 3.63) is 149 Å². The Hall–Kier alpha value is -4.95. The van der Waals surface area contributed by atoms with E-state index in [4.69, 9.17) is 0 Å². The molecule has 2 heteroatoms. The SMILES string of the molecule is CCCCn1/c(=C/C=C2\CCC(/C=C/C3=[N+](CCCC)c4cccc5cccc3c45)=C2c2ccccc2)c2cccc3cccc1c32. The van der Waals surface area contributed by atoms with Gasteiger partial charge in [-0.2, -0.15) is 4.58 Å². The maximum Gasteiger partial charge on any atom is 0.214 e. The Kier molecular flexibility index (Phi) is 7.95. The van der Waals surface area contributed by atoms with Gasteiger partial charge in [0.05, 0.1) is 10.9 Å². The van der Waals surface area contributed by atoms with Crippen molar-refractivity contribution in [2.75, 3.05) is 6.54 Å². The first-order chi connectivity index (χ1) is 23.3. The highest BCUT2D eigenvalue weighted by Gasteiger charge is 2.30. The minimum atomic E-state index is 1.04. The van der Waals surface area contributed by atoms with Crippen LogP contribution in [0.2, 0.25) is 0 Å². The van der Waals surface area contributed by atoms with Crippen molar-refractivity contribution in [3.63, 3.8) is 0 Å². The van der Waals surface area contributed by atoms with Gasteiger partial charge >= 0.3 is 0 Å². The Bertz CT molecular complexity index is 2300. The lowest BCUT2D eigenvalue weighted by molar-refractivity contribution is -0.436. The standard InChI is InChI=1S/C45H43N2/c1-3-5-30-46-39(37-20-10-16-33-18-12-22-41(46)44(33)37)28-26-35-24-25-36(43(35)32-14-8-7-9-15-32)27-29-40-38-21-11-17-34-19-13-23-42(45(34)38)47(40)31-6-4-2/h7-23,26-29H,3-6,24-25,30-31H2,1-2H3/q+1. The Morgan fingerprint density at radius 3 is 2.23 bits per heavy atom. The molecule has 0 N–H and O–H groups in total. The van der Waals surface area contributed by atoms with E-state index in [0.717, 1.165) is 25.9 Å². The number of hydrogen-bond acceptors (Lipinski definition) is 0. The van der Waals surface area contributed by atoms with Crippen LogP contribution in [0, 0.1) is 0 Å². The zero-order valence-electron chi connectivity index (χ0n) is 27.7. The van der Waals surface area contributed by atoms with Gasteiger partial charge in [0.1, 0.15) is 6.54 Å². The van der Waals surface area contributed by atoms with Gasteiger partial charge in [-0.25, -0.2) is 0 Å². The number of aryl methyl sites for hydroxylation is 1. The maximum atomic E-state index is 2.56. The van der Waals surface area contributed by atoms with Crippen molar-refractivity contribution in [1.29, 1.82) is 0 Å². The van der Waals surface area contributed by atoms with Gasteiger partial charge in [-0.15, -0.1) is 0 Å². The molecule has 0 saturated heterocycles. The summed E-state index contributed by atoms with van der Waals surface area (Å²) < 4.78 is 5.11. The molecule has 1 aromatic heterocycles. The van der Waals surface area contributed by atoms with E-state index in [1.807, 2.05) is 0 Å². The van der Waals surface area contributed by atoms with Gasteiger partial charge in [-0.3, -0.25) is 0 Å². The minimum Gasteiger partial charge on any atom is -0.340 e. The normalized spacial score (nSPS) is 16.1. The number of allylic oxidation sites excluding steroid dienone is 6. The van der Waals surface area contributed by atoms with E-state index in [2.05, 4.69) is 150 Å². The zero-order valence-corrected chi connectivity index (χ0v) is 27.7. The highest BCUT2D eigenvalue weighted by Crippen LogP contribution is 2.40. The molecule has 0 radical (unpaired) electrons. The van der Waals surface area contributed by atoms with E-state index in [1.54, 1.807) is 0 Å². The summed E-state index contributed by atoms with van der Waals surface area (Å²) >= 11 is 0. The molecule has 0 bridgehead atoms. The monoisotopic (exact) mass is 611 g/mol. The van der Waals surface area contributed by atoms with E-state index < -0.39 is 0 Å². The number of nitrogens with zero attached hydrogens (tertiary/aromatic N) is 2. The van der Waals surface area contributed by atoms with E-state index in [1.165, 1.54) is 103 Å². The summed E-state index contributed by atoms with van der Waals surface area (Å²) in [7, 11) is 0. The van der Waals surface area contributed by atoms with E-state index in [9.17, 15) is 0 Å². The van der Waals surface area contributed by atoms with Gasteiger partial charge < -0.3 is 4.57 Å². The topological polar surface area (TPSA) is 7.94 Å². The molecule has 0 amide bonds. The fourth-order valence-corrected chi connectivity index (χ4v) is 7.94. The molecule has 0 saturated carbocycles. The second kappa shape index (κ2) is 12.7. The molecule has 0 fully saturated rings. The average Bonchev–Trinajstić information content (AvgIpc) is 3.76. The summed E-state index contributed by atoms with van der Waals surface area (Å²) in [5.41, 5.74) is 10.9. The summed E-state index contributed by atoms with van der Waals surface area (Å²) in [6, 6.07) is 38.1. The molecule has 47 heavy (non-hydrogen) atoms. The van der Waals surface area contributed by atoms with Crippen molar-refractivity contribution in [2.45, 2.75) is 58.9 Å². The summed E-state index contributed by atoms with van der Waals surface area (Å²) in [5.74, 6) is 0. The highest BCUT2D eigenvalue weighted by atomic mass is 15.0. The molecule has 2 nitrogen and oxygen atoms in total. The van der Waals surface area contributed by atoms with Crippen LogP contribution in [0.5, 0.6) is 0 Å². The first-order valence-corrected chi connectivity index (χ1v) is 17.6. The highest BCUT2D eigenvalue weighted by molar-refractivity contribution is 6.19. The summed E-state index contributed by atoms with van der Waals surface area (Å²) in [6.45, 7) is 6.64. The lowest BCUT2D eigenvalue weighted by Crippen LogP contribution is -2.16. The lowest BCUT2D eigenvalue weighted by Gasteiger charge is -2.08. The number of hydrogen-bond donors (Lipinski definition) is 0. The van der Waals surface area contributed by atoms with E-state index in [-0.39, 0.29) is 0 Å². The van der Waals surface area contributed by atoms with Crippen molar-refractivity contribution >= 4 is 55.5 Å². The van der Waals surface area contributed by atoms with Gasteiger partial charge in [-0.05, 0) is 70.5 Å². The quantitative estimate of drug-likeness (QED) is 0.136. The van der Waals surface area contributed by atoms with Gasteiger partial charge in [0, 0.05) is 46.7 Å². The Balaban J connectivity index is 1.26. The van der Waals surface area contributed by atoms with Gasteiger partial charge in [0.15, 0.2) is 0 Å². The maximum absolute atomic E-state index is 2.56. The number of unbranched alkanes of at least 4 members (excludes halogenated alkanes) is 2. The van der Waals surface area contributed by atoms with Crippen molar-refractivity contribution in [1.82, 2.24) is 4.57 Å². The number of rotatable bonds is 10. The molecule has 2 heterocycles. The number of aromatic nitrogens is 1. The van der Waals surface area contributed by atoms with Crippen LogP contribution >= 0.6 is 0 Å². The second-order valence-electron chi connectivity index (χ2n) is 13.1. The molecule has 1 aliphatic carbocycles. The fourth-order valence-electron chi connectivity index (χ4n) is 7.94. The van der Waals surface area contributed by atoms with Crippen LogP contribution < -0.4 is 5.35 Å². The summed E-state index contributed by atoms with van der Waals surface area (Å²) in [5, 5.41) is 8.11. The number of benzene rings is 5. The zero-order chi connectivity index (χ0) is 31.7. The van der Waals surface area contributed by atoms with Gasteiger partial charge in [0.25, 0.3) is 0 Å². The largest absolute Gasteiger partial charge is 0.340 e. The van der Waals surface area contributed by atoms with Crippen LogP contribution in [0.1, 0.15) is 63.5 Å². The summed E-state index contributed by atoms with van der Waals surface area (Å²) in [4.78, 5) is 0. The third-order valence-electron chi connectivity index (χ3n) is 10.2. The predicted octanol–water partition coefficient (Wildman–Crippen LogP) is 10.9. The molecule has 0 spiro atoms. The van der Waals surface area contributed by atoms with Crippen LogP contribution in [0.15, 0.2) is 133 Å². The predicted molar refractivity (Wildman–Crippen MR) is 202 cm³/mol. The van der Waals surface area contributed by atoms with Gasteiger partial charge in [0.2, 0.25) is 11.4 Å². The first-order valence-electron chi connectivity index (χ1n) is 17.6. The molecule has 232 valence electrons. The smallest absolute Gasteiger partial charge is 0.214 e. The van der Waals surface area contributed by atoms with Crippen molar-refractivity contribution in [3.8, 4) is 0 Å². The third kappa shape index (κ3) is 5.17. The van der Waals surface area contributed by atoms with Crippen LogP contribution in [-0.2, 0) is 6.54 Å². The first kappa shape index (κ1) is 29.5. The van der Waals surface area contributed by atoms with Crippen molar-refractivity contribution in [2.24, 2.45) is 0 Å². The molecule has 2 aliphatic rings. The van der Waals surface area contributed by atoms with Crippen LogP contribution in [0.4, 0.5) is 5.69 Å². The molecule has 0 unspecified atom stereocenters. The summed E-state index contributed by atoms with van der Waals surface area (Å²) in [6.07, 6.45) is 16.5.